The van der Waals surface area contributed by atoms with E-state index in [-0.39, 0.29) is 14.5 Å². The minimum atomic E-state index is 0.117. The van der Waals surface area contributed by atoms with E-state index in [4.69, 9.17) is 18.9 Å². The molecule has 0 fully saturated rings. The van der Waals surface area contributed by atoms with Gasteiger partial charge in [-0.25, -0.2) is 0 Å². The molecule has 0 atom stereocenters. The molecule has 0 saturated heterocycles. The summed E-state index contributed by atoms with van der Waals surface area (Å²) in [6.45, 7) is 2.49. The first-order chi connectivity index (χ1) is 6.45. The Bertz CT molecular complexity index is 303. The van der Waals surface area contributed by atoms with Gasteiger partial charge >= 0.3 is 80.6 Å². The molecule has 0 aliphatic carbocycles. The fraction of sp³-hybridized carbons (Fsp3) is 0.500. The normalized spacial score (nSPS) is 18.5. The van der Waals surface area contributed by atoms with Crippen LogP contribution in [0, 0.1) is 0 Å². The topological polar surface area (TPSA) is 36.9 Å². The Morgan fingerprint density at radius 2 is 1.15 bits per heavy atom. The van der Waals surface area contributed by atoms with Crippen molar-refractivity contribution in [3.05, 3.63) is 0 Å². The van der Waals surface area contributed by atoms with Crippen molar-refractivity contribution in [2.45, 2.75) is 0 Å². The fourth-order valence-electron chi connectivity index (χ4n) is 1.36. The van der Waals surface area contributed by atoms with Crippen LogP contribution in [0.1, 0.15) is 0 Å². The molecule has 1 aromatic rings. The zero-order chi connectivity index (χ0) is 8.67. The number of fused-ring (bicyclic) bond motifs is 3. The van der Waals surface area contributed by atoms with E-state index in [9.17, 15) is 0 Å². The zero-order valence-electron chi connectivity index (χ0n) is 6.87. The standard InChI is InChI=1S/C8H8O4Se/c1-3-11-7-5(9-1)6-8(13-7)12-4-2-10-6/h1-4H2. The molecule has 70 valence electrons. The molecule has 0 spiro atoms. The van der Waals surface area contributed by atoms with Crippen molar-refractivity contribution in [3.8, 4) is 20.7 Å². The summed E-state index contributed by atoms with van der Waals surface area (Å²) >= 11 is 0.117. The third kappa shape index (κ3) is 1.11. The van der Waals surface area contributed by atoms with E-state index >= 15 is 0 Å². The molecule has 13 heavy (non-hydrogen) atoms. The van der Waals surface area contributed by atoms with Crippen LogP contribution in [-0.4, -0.2) is 40.9 Å². The maximum atomic E-state index is 5.48. The molecular formula is C8H8O4Se. The van der Waals surface area contributed by atoms with Gasteiger partial charge in [-0.05, 0) is 0 Å². The Labute approximate surface area is 81.1 Å². The fourth-order valence-corrected chi connectivity index (χ4v) is 3.33. The van der Waals surface area contributed by atoms with Crippen molar-refractivity contribution in [1.29, 1.82) is 0 Å². The van der Waals surface area contributed by atoms with Gasteiger partial charge < -0.3 is 0 Å². The van der Waals surface area contributed by atoms with Crippen molar-refractivity contribution in [2.24, 2.45) is 0 Å². The van der Waals surface area contributed by atoms with Crippen LogP contribution < -0.4 is 18.9 Å². The second-order valence-corrected chi connectivity index (χ2v) is 4.71. The number of rotatable bonds is 0. The van der Waals surface area contributed by atoms with Gasteiger partial charge in [-0.15, -0.1) is 0 Å². The molecular weight excluding hydrogens is 239 g/mol. The third-order valence-corrected chi connectivity index (χ3v) is 3.94. The Balaban J connectivity index is 2.09. The minimum absolute atomic E-state index is 0.117. The van der Waals surface area contributed by atoms with Gasteiger partial charge in [-0.3, -0.25) is 0 Å². The van der Waals surface area contributed by atoms with Crippen molar-refractivity contribution >= 4 is 14.5 Å². The van der Waals surface area contributed by atoms with Crippen molar-refractivity contribution in [3.63, 3.8) is 0 Å². The van der Waals surface area contributed by atoms with Crippen LogP contribution in [0.15, 0.2) is 0 Å². The molecule has 0 amide bonds. The summed E-state index contributed by atoms with van der Waals surface area (Å²) in [6.07, 6.45) is 0. The van der Waals surface area contributed by atoms with Gasteiger partial charge in [0.2, 0.25) is 0 Å². The Morgan fingerprint density at radius 1 is 0.692 bits per heavy atom. The van der Waals surface area contributed by atoms with Crippen LogP contribution >= 0.6 is 0 Å². The van der Waals surface area contributed by atoms with E-state index in [1.54, 1.807) is 0 Å². The molecule has 5 heteroatoms. The van der Waals surface area contributed by atoms with Gasteiger partial charge in [-0.2, -0.15) is 0 Å². The Hall–Kier alpha value is -0.801. The summed E-state index contributed by atoms with van der Waals surface area (Å²) in [4.78, 5) is 0. The number of hydrogen-bond acceptors (Lipinski definition) is 4. The van der Waals surface area contributed by atoms with Gasteiger partial charge in [0.15, 0.2) is 0 Å². The Kier molecular flexibility index (Phi) is 1.67. The summed E-state index contributed by atoms with van der Waals surface area (Å²) in [6, 6.07) is 0. The summed E-state index contributed by atoms with van der Waals surface area (Å²) in [7, 11) is 0. The molecule has 3 rings (SSSR count). The monoisotopic (exact) mass is 248 g/mol. The second kappa shape index (κ2) is 2.86. The van der Waals surface area contributed by atoms with E-state index in [1.807, 2.05) is 0 Å². The summed E-state index contributed by atoms with van der Waals surface area (Å²) in [5.41, 5.74) is 0. The first kappa shape index (κ1) is 7.59. The van der Waals surface area contributed by atoms with Gasteiger partial charge in [0.25, 0.3) is 0 Å². The molecule has 0 bridgehead atoms. The molecule has 4 nitrogen and oxygen atoms in total. The summed E-state index contributed by atoms with van der Waals surface area (Å²) in [5.74, 6) is 1.56. The summed E-state index contributed by atoms with van der Waals surface area (Å²) in [5, 5.41) is 0. The van der Waals surface area contributed by atoms with E-state index < -0.39 is 0 Å². The molecule has 0 N–H and O–H groups in total. The van der Waals surface area contributed by atoms with Crippen LogP contribution in [-0.2, 0) is 0 Å². The predicted molar refractivity (Wildman–Crippen MR) is 45.4 cm³/mol. The first-order valence-corrected chi connectivity index (χ1v) is 5.84. The molecule has 1 aromatic heterocycles. The zero-order valence-corrected chi connectivity index (χ0v) is 8.58. The van der Waals surface area contributed by atoms with Crippen molar-refractivity contribution in [1.82, 2.24) is 0 Å². The molecule has 2 aliphatic rings. The number of ether oxygens (including phenoxy) is 4. The average Bonchev–Trinajstić information content (AvgIpc) is 2.56. The van der Waals surface area contributed by atoms with Crippen molar-refractivity contribution < 1.29 is 18.9 Å². The molecule has 2 aliphatic heterocycles. The van der Waals surface area contributed by atoms with Gasteiger partial charge in [0, 0.05) is 0 Å². The van der Waals surface area contributed by atoms with E-state index in [0.717, 1.165) is 20.7 Å². The molecule has 0 radical (unpaired) electrons. The van der Waals surface area contributed by atoms with Crippen LogP contribution in [0.3, 0.4) is 0 Å². The molecule has 0 saturated carbocycles. The first-order valence-electron chi connectivity index (χ1n) is 4.13. The third-order valence-electron chi connectivity index (χ3n) is 1.89. The SMILES string of the molecule is C1COc2c([se]c3c2OCCO3)O1. The maximum absolute atomic E-state index is 5.48. The average molecular weight is 247 g/mol. The van der Waals surface area contributed by atoms with Crippen LogP contribution in [0.2, 0.25) is 0 Å². The quantitative estimate of drug-likeness (QED) is 0.617. The molecule has 3 heterocycles. The summed E-state index contributed by atoms with van der Waals surface area (Å²) < 4.78 is 23.8. The molecule has 0 aromatic carbocycles. The van der Waals surface area contributed by atoms with Crippen LogP contribution in [0.4, 0.5) is 0 Å². The Morgan fingerprint density at radius 3 is 1.69 bits per heavy atom. The molecule has 0 unspecified atom stereocenters. The van der Waals surface area contributed by atoms with E-state index in [2.05, 4.69) is 0 Å². The number of hydrogen-bond donors (Lipinski definition) is 0. The van der Waals surface area contributed by atoms with Crippen molar-refractivity contribution in [2.75, 3.05) is 26.4 Å². The predicted octanol–water partition coefficient (Wildman–Crippen LogP) is 0.286. The van der Waals surface area contributed by atoms with Gasteiger partial charge in [0.1, 0.15) is 0 Å². The van der Waals surface area contributed by atoms with Gasteiger partial charge in [-0.1, -0.05) is 0 Å². The second-order valence-electron chi connectivity index (χ2n) is 2.73. The van der Waals surface area contributed by atoms with E-state index in [0.29, 0.717) is 26.4 Å². The van der Waals surface area contributed by atoms with Crippen LogP contribution in [0.25, 0.3) is 0 Å². The van der Waals surface area contributed by atoms with E-state index in [1.165, 1.54) is 0 Å². The van der Waals surface area contributed by atoms with Gasteiger partial charge in [0.05, 0.1) is 0 Å². The van der Waals surface area contributed by atoms with Crippen LogP contribution in [0.5, 0.6) is 20.7 Å².